The molecule has 2 N–H and O–H groups in total. The molecular weight excluding hydrogens is 456 g/mol. The SMILES string of the molecule is C[C@@]1(N2CCN(c3cc4cc(NC(=O)C5CC56CCOC6)ncc4cc3Cl)CC2)COC[C@@H]1O. The van der Waals surface area contributed by atoms with Crippen LogP contribution in [-0.4, -0.2) is 85.1 Å². The van der Waals surface area contributed by atoms with Crippen molar-refractivity contribution in [3.8, 4) is 0 Å². The molecule has 1 aliphatic carbocycles. The van der Waals surface area contributed by atoms with Gasteiger partial charge in [-0.3, -0.25) is 9.69 Å². The quantitative estimate of drug-likeness (QED) is 0.686. The highest BCUT2D eigenvalue weighted by atomic mass is 35.5. The fraction of sp³-hybridized carbons (Fsp3) is 0.600. The van der Waals surface area contributed by atoms with Crippen molar-refractivity contribution in [2.24, 2.45) is 11.3 Å². The molecule has 4 heterocycles. The molecular formula is C25H31ClN4O4. The van der Waals surface area contributed by atoms with E-state index in [1.54, 1.807) is 6.20 Å². The summed E-state index contributed by atoms with van der Waals surface area (Å²) in [4.78, 5) is 21.8. The van der Waals surface area contributed by atoms with Crippen molar-refractivity contribution in [1.82, 2.24) is 9.88 Å². The number of ether oxygens (including phenoxy) is 2. The lowest BCUT2D eigenvalue weighted by Crippen LogP contribution is -2.60. The number of halogens is 1. The number of aliphatic hydroxyl groups excluding tert-OH is 1. The molecule has 182 valence electrons. The number of amides is 1. The summed E-state index contributed by atoms with van der Waals surface area (Å²) in [6.07, 6.45) is 3.18. The number of pyridine rings is 1. The molecule has 3 aliphatic heterocycles. The minimum atomic E-state index is -0.462. The van der Waals surface area contributed by atoms with Crippen molar-refractivity contribution in [1.29, 1.82) is 0 Å². The number of nitrogens with one attached hydrogen (secondary N) is 1. The first-order valence-electron chi connectivity index (χ1n) is 12.1. The minimum Gasteiger partial charge on any atom is -0.389 e. The summed E-state index contributed by atoms with van der Waals surface area (Å²) < 4.78 is 11.0. The van der Waals surface area contributed by atoms with Crippen LogP contribution in [0.4, 0.5) is 11.5 Å². The Morgan fingerprint density at radius 2 is 2.00 bits per heavy atom. The fourth-order valence-electron chi connectivity index (χ4n) is 5.87. The van der Waals surface area contributed by atoms with Crippen molar-refractivity contribution in [2.75, 3.05) is 62.8 Å². The van der Waals surface area contributed by atoms with Crippen LogP contribution in [0.3, 0.4) is 0 Å². The van der Waals surface area contributed by atoms with Crippen LogP contribution in [0.1, 0.15) is 19.8 Å². The Bertz CT molecular complexity index is 1120. The van der Waals surface area contributed by atoms with Crippen molar-refractivity contribution >= 4 is 39.8 Å². The second-order valence-corrected chi connectivity index (χ2v) is 10.9. The molecule has 2 unspecified atom stereocenters. The highest BCUT2D eigenvalue weighted by molar-refractivity contribution is 6.34. The van der Waals surface area contributed by atoms with Crippen LogP contribution in [0.2, 0.25) is 5.02 Å². The summed E-state index contributed by atoms with van der Waals surface area (Å²) in [5.41, 5.74) is 0.708. The largest absolute Gasteiger partial charge is 0.389 e. The molecule has 1 spiro atoms. The molecule has 3 saturated heterocycles. The van der Waals surface area contributed by atoms with Crippen LogP contribution < -0.4 is 10.2 Å². The molecule has 1 amide bonds. The third-order valence-electron chi connectivity index (χ3n) is 8.41. The predicted octanol–water partition coefficient (Wildman–Crippen LogP) is 2.53. The number of hydrogen-bond donors (Lipinski definition) is 2. The molecule has 6 rings (SSSR count). The third-order valence-corrected chi connectivity index (χ3v) is 8.71. The van der Waals surface area contributed by atoms with Crippen LogP contribution in [-0.2, 0) is 14.3 Å². The van der Waals surface area contributed by atoms with E-state index in [2.05, 4.69) is 33.1 Å². The molecule has 34 heavy (non-hydrogen) atoms. The van der Waals surface area contributed by atoms with E-state index in [-0.39, 0.29) is 22.8 Å². The molecule has 1 aromatic heterocycles. The van der Waals surface area contributed by atoms with E-state index in [9.17, 15) is 9.90 Å². The maximum Gasteiger partial charge on any atom is 0.229 e. The van der Waals surface area contributed by atoms with Gasteiger partial charge >= 0.3 is 0 Å². The van der Waals surface area contributed by atoms with Gasteiger partial charge in [0.2, 0.25) is 5.91 Å². The van der Waals surface area contributed by atoms with Crippen molar-refractivity contribution < 1.29 is 19.4 Å². The minimum absolute atomic E-state index is 0.0233. The van der Waals surface area contributed by atoms with Crippen LogP contribution in [0.25, 0.3) is 10.8 Å². The fourth-order valence-corrected chi connectivity index (χ4v) is 6.16. The van der Waals surface area contributed by atoms with Gasteiger partial charge in [-0.15, -0.1) is 0 Å². The lowest BCUT2D eigenvalue weighted by atomic mass is 9.95. The van der Waals surface area contributed by atoms with Gasteiger partial charge in [-0.2, -0.15) is 0 Å². The number of hydrogen-bond acceptors (Lipinski definition) is 7. The van der Waals surface area contributed by atoms with Gasteiger partial charge in [-0.25, -0.2) is 4.98 Å². The topological polar surface area (TPSA) is 87.2 Å². The van der Waals surface area contributed by atoms with Gasteiger partial charge in [0.25, 0.3) is 0 Å². The van der Waals surface area contributed by atoms with E-state index < -0.39 is 6.10 Å². The van der Waals surface area contributed by atoms with E-state index in [1.807, 2.05) is 12.1 Å². The number of rotatable bonds is 4. The first-order valence-corrected chi connectivity index (χ1v) is 12.5. The average Bonchev–Trinajstić information content (AvgIpc) is 3.14. The summed E-state index contributed by atoms with van der Waals surface area (Å²) in [6, 6.07) is 5.96. The van der Waals surface area contributed by atoms with Crippen molar-refractivity contribution in [3.63, 3.8) is 0 Å². The number of aromatic nitrogens is 1. The average molecular weight is 487 g/mol. The van der Waals surface area contributed by atoms with Crippen LogP contribution in [0.15, 0.2) is 24.4 Å². The highest BCUT2D eigenvalue weighted by Crippen LogP contribution is 2.58. The standard InChI is InChI=1S/C25H31ClN4O4/c1-24(14-34-13-21(24)31)30-5-3-29(4-6-30)20-9-16-10-22(27-12-17(16)8-19(20)26)28-23(32)18-11-25(18)2-7-33-15-25/h8-10,12,18,21,31H,2-7,11,13-15H2,1H3,(H,27,28,32)/t18?,21-,24+,25?/m0/s1. The van der Waals surface area contributed by atoms with Gasteiger partial charge in [0.15, 0.2) is 0 Å². The maximum atomic E-state index is 12.8. The van der Waals surface area contributed by atoms with E-state index in [4.69, 9.17) is 21.1 Å². The summed E-state index contributed by atoms with van der Waals surface area (Å²) >= 11 is 6.67. The normalized spacial score (nSPS) is 33.7. The molecule has 1 aromatic carbocycles. The lowest BCUT2D eigenvalue weighted by Gasteiger charge is -2.45. The summed E-state index contributed by atoms with van der Waals surface area (Å²) in [6.45, 7) is 7.76. The van der Waals surface area contributed by atoms with E-state index in [0.717, 1.165) is 62.1 Å². The Morgan fingerprint density at radius 3 is 2.71 bits per heavy atom. The number of anilines is 2. The molecule has 9 heteroatoms. The summed E-state index contributed by atoms with van der Waals surface area (Å²) in [5, 5.41) is 16.0. The zero-order chi connectivity index (χ0) is 23.5. The Kier molecular flexibility index (Phi) is 5.50. The number of benzene rings is 1. The van der Waals surface area contributed by atoms with Gasteiger partial charge in [0.1, 0.15) is 5.82 Å². The Morgan fingerprint density at radius 1 is 1.18 bits per heavy atom. The molecule has 8 nitrogen and oxygen atoms in total. The monoisotopic (exact) mass is 486 g/mol. The van der Waals surface area contributed by atoms with Gasteiger partial charge in [-0.05, 0) is 43.4 Å². The molecule has 0 bridgehead atoms. The molecule has 2 aromatic rings. The first kappa shape index (κ1) is 22.5. The predicted molar refractivity (Wildman–Crippen MR) is 130 cm³/mol. The number of nitrogens with zero attached hydrogens (tertiary/aromatic N) is 3. The van der Waals surface area contributed by atoms with E-state index >= 15 is 0 Å². The lowest BCUT2D eigenvalue weighted by molar-refractivity contribution is -0.118. The number of piperazine rings is 1. The van der Waals surface area contributed by atoms with Gasteiger partial charge in [0.05, 0.1) is 42.2 Å². The van der Waals surface area contributed by atoms with Gasteiger partial charge in [0, 0.05) is 55.7 Å². The molecule has 0 radical (unpaired) electrons. The molecule has 4 fully saturated rings. The van der Waals surface area contributed by atoms with Gasteiger partial charge < -0.3 is 24.8 Å². The zero-order valence-corrected chi connectivity index (χ0v) is 20.2. The molecule has 4 atom stereocenters. The summed E-state index contributed by atoms with van der Waals surface area (Å²) in [5.74, 6) is 0.629. The Hall–Kier alpha value is -1.97. The number of carbonyl (C=O) groups is 1. The third kappa shape index (κ3) is 3.76. The Labute approximate surface area is 204 Å². The molecule has 4 aliphatic rings. The van der Waals surface area contributed by atoms with E-state index in [0.29, 0.717) is 30.7 Å². The Balaban J connectivity index is 1.16. The number of carbonyl (C=O) groups excluding carboxylic acids is 1. The first-order chi connectivity index (χ1) is 16.4. The van der Waals surface area contributed by atoms with Crippen LogP contribution in [0.5, 0.6) is 0 Å². The maximum absolute atomic E-state index is 12.8. The second kappa shape index (κ2) is 8.31. The summed E-state index contributed by atoms with van der Waals surface area (Å²) in [7, 11) is 0. The second-order valence-electron chi connectivity index (χ2n) is 10.5. The smallest absolute Gasteiger partial charge is 0.229 e. The van der Waals surface area contributed by atoms with Gasteiger partial charge in [-0.1, -0.05) is 11.6 Å². The number of aliphatic hydroxyl groups is 1. The van der Waals surface area contributed by atoms with E-state index in [1.165, 1.54) is 0 Å². The highest BCUT2D eigenvalue weighted by Gasteiger charge is 2.59. The van der Waals surface area contributed by atoms with Crippen molar-refractivity contribution in [3.05, 3.63) is 29.4 Å². The number of fused-ring (bicyclic) bond motifs is 1. The van der Waals surface area contributed by atoms with Crippen LogP contribution >= 0.6 is 11.6 Å². The molecule has 1 saturated carbocycles. The van der Waals surface area contributed by atoms with Crippen molar-refractivity contribution in [2.45, 2.75) is 31.4 Å². The van der Waals surface area contributed by atoms with Crippen LogP contribution in [0, 0.1) is 11.3 Å². The zero-order valence-electron chi connectivity index (χ0n) is 19.4.